The van der Waals surface area contributed by atoms with Crippen molar-refractivity contribution in [3.63, 3.8) is 0 Å². The fourth-order valence-corrected chi connectivity index (χ4v) is 1.82. The molecule has 0 bridgehead atoms. The molecule has 0 spiro atoms. The van der Waals surface area contributed by atoms with Crippen LogP contribution >= 0.6 is 0 Å². The van der Waals surface area contributed by atoms with E-state index in [4.69, 9.17) is 10.2 Å². The maximum atomic E-state index is 12.2. The number of hydrogen-bond acceptors (Lipinski definition) is 6. The fraction of sp³-hybridized carbons (Fsp3) is 0.0667. The van der Waals surface area contributed by atoms with E-state index in [0.29, 0.717) is 17.4 Å². The van der Waals surface area contributed by atoms with E-state index in [9.17, 15) is 4.79 Å². The van der Waals surface area contributed by atoms with Gasteiger partial charge in [0.1, 0.15) is 17.2 Å². The van der Waals surface area contributed by atoms with Gasteiger partial charge in [-0.1, -0.05) is 6.07 Å². The second-order valence-corrected chi connectivity index (χ2v) is 4.64. The molecular formula is C15H13N5O2. The molecule has 0 aromatic carbocycles. The molecule has 3 heterocycles. The first-order valence-electron chi connectivity index (χ1n) is 6.54. The molecule has 0 aliphatic heterocycles. The summed E-state index contributed by atoms with van der Waals surface area (Å²) in [6.45, 7) is 1.91. The molecule has 0 unspecified atom stereocenters. The number of nitrogen functional groups attached to an aromatic ring is 1. The lowest BCUT2D eigenvalue weighted by molar-refractivity contribution is 0.102. The number of carbonyl (C=O) groups excluding carboxylic acids is 1. The third kappa shape index (κ3) is 2.78. The lowest BCUT2D eigenvalue weighted by Gasteiger charge is -2.07. The van der Waals surface area contributed by atoms with E-state index < -0.39 is 5.91 Å². The number of nitrogens with zero attached hydrogens (tertiary/aromatic N) is 3. The molecule has 3 aromatic heterocycles. The first-order valence-corrected chi connectivity index (χ1v) is 6.54. The molecule has 0 saturated heterocycles. The summed E-state index contributed by atoms with van der Waals surface area (Å²) in [6.07, 6.45) is 4.54. The topological polar surface area (TPSA) is 107 Å². The van der Waals surface area contributed by atoms with Crippen LogP contribution in [0, 0.1) is 6.92 Å². The Morgan fingerprint density at radius 2 is 2.09 bits per heavy atom. The zero-order valence-electron chi connectivity index (χ0n) is 11.8. The number of furan rings is 1. The van der Waals surface area contributed by atoms with Crippen molar-refractivity contribution in [1.82, 2.24) is 15.0 Å². The Balaban J connectivity index is 1.82. The Bertz CT molecular complexity index is 797. The summed E-state index contributed by atoms with van der Waals surface area (Å²) in [5, 5.41) is 2.65. The number of aromatic nitrogens is 3. The molecular weight excluding hydrogens is 282 g/mol. The van der Waals surface area contributed by atoms with Crippen molar-refractivity contribution in [3.05, 3.63) is 54.0 Å². The number of carbonyl (C=O) groups is 1. The third-order valence-electron chi connectivity index (χ3n) is 2.96. The van der Waals surface area contributed by atoms with Crippen LogP contribution in [-0.4, -0.2) is 20.9 Å². The van der Waals surface area contributed by atoms with Crippen LogP contribution in [0.15, 0.2) is 47.3 Å². The van der Waals surface area contributed by atoms with Crippen molar-refractivity contribution < 1.29 is 9.21 Å². The number of rotatable bonds is 3. The summed E-state index contributed by atoms with van der Waals surface area (Å²) in [5.41, 5.74) is 7.01. The summed E-state index contributed by atoms with van der Waals surface area (Å²) in [5.74, 6) is 0.905. The zero-order chi connectivity index (χ0) is 15.5. The van der Waals surface area contributed by atoms with Gasteiger partial charge < -0.3 is 15.5 Å². The molecule has 3 rings (SSSR count). The number of hydrogen-bond donors (Lipinski definition) is 2. The Morgan fingerprint density at radius 1 is 1.23 bits per heavy atom. The Hall–Kier alpha value is -3.22. The molecule has 7 heteroatoms. The van der Waals surface area contributed by atoms with Gasteiger partial charge in [0.25, 0.3) is 5.91 Å². The lowest BCUT2D eigenvalue weighted by Crippen LogP contribution is -2.16. The van der Waals surface area contributed by atoms with Crippen LogP contribution in [0.25, 0.3) is 11.6 Å². The van der Waals surface area contributed by atoms with E-state index in [1.54, 1.807) is 24.4 Å². The van der Waals surface area contributed by atoms with E-state index in [1.807, 2.05) is 13.0 Å². The van der Waals surface area contributed by atoms with Gasteiger partial charge in [-0.2, -0.15) is 0 Å². The van der Waals surface area contributed by atoms with Crippen LogP contribution in [-0.2, 0) is 0 Å². The number of pyridine rings is 1. The molecule has 0 atom stereocenters. The average molecular weight is 295 g/mol. The second kappa shape index (κ2) is 5.65. The number of anilines is 2. The van der Waals surface area contributed by atoms with Crippen LogP contribution in [0.3, 0.4) is 0 Å². The predicted octanol–water partition coefficient (Wildman–Crippen LogP) is 2.27. The second-order valence-electron chi connectivity index (χ2n) is 4.64. The number of aryl methyl sites for hydroxylation is 1. The first-order chi connectivity index (χ1) is 10.6. The van der Waals surface area contributed by atoms with Crippen LogP contribution in [0.5, 0.6) is 0 Å². The molecule has 0 radical (unpaired) electrons. The van der Waals surface area contributed by atoms with Crippen LogP contribution < -0.4 is 11.1 Å². The largest absolute Gasteiger partial charge is 0.461 e. The molecule has 0 aliphatic carbocycles. The Labute approximate surface area is 126 Å². The number of nitrogens with one attached hydrogen (secondary N) is 1. The van der Waals surface area contributed by atoms with Crippen molar-refractivity contribution in [3.8, 4) is 11.6 Å². The summed E-state index contributed by atoms with van der Waals surface area (Å²) in [4.78, 5) is 24.5. The van der Waals surface area contributed by atoms with Crippen molar-refractivity contribution in [2.45, 2.75) is 6.92 Å². The van der Waals surface area contributed by atoms with Crippen LogP contribution in [0.4, 0.5) is 11.6 Å². The zero-order valence-corrected chi connectivity index (χ0v) is 11.8. The van der Waals surface area contributed by atoms with E-state index >= 15 is 0 Å². The minimum atomic E-state index is -0.417. The SMILES string of the molecule is Cc1ccc(NC(=O)c2cnc(-c3ccco3)nc2N)nc1. The summed E-state index contributed by atoms with van der Waals surface area (Å²) >= 11 is 0. The van der Waals surface area contributed by atoms with E-state index in [2.05, 4.69) is 20.3 Å². The molecule has 3 N–H and O–H groups in total. The first kappa shape index (κ1) is 13.7. The Kier molecular flexibility index (Phi) is 3.53. The van der Waals surface area contributed by atoms with Crippen molar-refractivity contribution in [1.29, 1.82) is 0 Å². The van der Waals surface area contributed by atoms with Crippen LogP contribution in [0.2, 0.25) is 0 Å². The summed E-state index contributed by atoms with van der Waals surface area (Å²) in [6, 6.07) is 6.99. The third-order valence-corrected chi connectivity index (χ3v) is 2.96. The maximum Gasteiger partial charge on any atom is 0.262 e. The predicted molar refractivity (Wildman–Crippen MR) is 81.1 cm³/mol. The normalized spacial score (nSPS) is 10.4. The molecule has 0 aliphatic rings. The van der Waals surface area contributed by atoms with Gasteiger partial charge in [-0.05, 0) is 30.7 Å². The number of amides is 1. The number of nitrogens with two attached hydrogens (primary N) is 1. The minimum Gasteiger partial charge on any atom is -0.461 e. The van der Waals surface area contributed by atoms with Crippen molar-refractivity contribution >= 4 is 17.5 Å². The highest BCUT2D eigenvalue weighted by molar-refractivity contribution is 6.06. The van der Waals surface area contributed by atoms with Gasteiger partial charge in [0.15, 0.2) is 11.6 Å². The molecule has 1 amide bonds. The standard InChI is InChI=1S/C15H13N5O2/c1-9-4-5-12(17-7-9)19-15(21)10-8-18-14(20-13(10)16)11-3-2-6-22-11/h2-8H,1H3,(H2,16,18,20)(H,17,19,21). The van der Waals surface area contributed by atoms with Gasteiger partial charge in [-0.15, -0.1) is 0 Å². The quantitative estimate of drug-likeness (QED) is 0.767. The van der Waals surface area contributed by atoms with Gasteiger partial charge >= 0.3 is 0 Å². The highest BCUT2D eigenvalue weighted by atomic mass is 16.3. The van der Waals surface area contributed by atoms with Gasteiger partial charge in [-0.25, -0.2) is 15.0 Å². The van der Waals surface area contributed by atoms with E-state index in [0.717, 1.165) is 5.56 Å². The average Bonchev–Trinajstić information content (AvgIpc) is 3.03. The van der Waals surface area contributed by atoms with Gasteiger partial charge in [0.2, 0.25) is 0 Å². The summed E-state index contributed by atoms with van der Waals surface area (Å²) in [7, 11) is 0. The molecule has 0 fully saturated rings. The highest BCUT2D eigenvalue weighted by Crippen LogP contribution is 2.18. The lowest BCUT2D eigenvalue weighted by atomic mass is 10.2. The van der Waals surface area contributed by atoms with Gasteiger partial charge in [0, 0.05) is 12.4 Å². The molecule has 7 nitrogen and oxygen atoms in total. The minimum absolute atomic E-state index is 0.0750. The van der Waals surface area contributed by atoms with Gasteiger partial charge in [-0.3, -0.25) is 4.79 Å². The van der Waals surface area contributed by atoms with E-state index in [-0.39, 0.29) is 11.4 Å². The van der Waals surface area contributed by atoms with Crippen molar-refractivity contribution in [2.75, 3.05) is 11.1 Å². The molecule has 0 saturated carbocycles. The van der Waals surface area contributed by atoms with E-state index in [1.165, 1.54) is 12.5 Å². The smallest absolute Gasteiger partial charge is 0.262 e. The molecule has 110 valence electrons. The van der Waals surface area contributed by atoms with Crippen LogP contribution in [0.1, 0.15) is 15.9 Å². The fourth-order valence-electron chi connectivity index (χ4n) is 1.82. The van der Waals surface area contributed by atoms with Gasteiger partial charge in [0.05, 0.1) is 6.26 Å². The maximum absolute atomic E-state index is 12.2. The molecule has 22 heavy (non-hydrogen) atoms. The van der Waals surface area contributed by atoms with Crippen molar-refractivity contribution in [2.24, 2.45) is 0 Å². The highest BCUT2D eigenvalue weighted by Gasteiger charge is 2.15. The summed E-state index contributed by atoms with van der Waals surface area (Å²) < 4.78 is 5.19. The monoisotopic (exact) mass is 295 g/mol. The molecule has 3 aromatic rings. The Morgan fingerprint density at radius 3 is 2.73 bits per heavy atom.